The van der Waals surface area contributed by atoms with Crippen molar-refractivity contribution in [1.82, 2.24) is 9.78 Å². The molecule has 1 amide bonds. The second-order valence-electron chi connectivity index (χ2n) is 6.59. The third-order valence-corrected chi connectivity index (χ3v) is 5.69. The van der Waals surface area contributed by atoms with Gasteiger partial charge in [-0.3, -0.25) is 9.59 Å². The van der Waals surface area contributed by atoms with E-state index in [-0.39, 0.29) is 40.6 Å². The van der Waals surface area contributed by atoms with E-state index in [0.29, 0.717) is 17.8 Å². The highest BCUT2D eigenvalue weighted by Crippen LogP contribution is 2.31. The molecule has 0 radical (unpaired) electrons. The third-order valence-electron chi connectivity index (χ3n) is 4.79. The first-order chi connectivity index (χ1) is 14.4. The molecule has 0 saturated carbocycles. The molecule has 0 spiro atoms. The largest absolute Gasteiger partial charge is 0.461 e. The Hall–Kier alpha value is -3.07. The Kier molecular flexibility index (Phi) is 6.61. The van der Waals surface area contributed by atoms with E-state index in [4.69, 9.17) is 4.74 Å². The van der Waals surface area contributed by atoms with Gasteiger partial charge in [-0.05, 0) is 31.9 Å². The van der Waals surface area contributed by atoms with Crippen molar-refractivity contribution in [2.24, 2.45) is 5.92 Å². The molecule has 9 heteroatoms. The maximum atomic E-state index is 14.4. The molecule has 0 aliphatic carbocycles. The maximum Gasteiger partial charge on any atom is 0.359 e. The van der Waals surface area contributed by atoms with Crippen LogP contribution in [0.4, 0.5) is 9.39 Å². The number of esters is 1. The summed E-state index contributed by atoms with van der Waals surface area (Å²) in [6, 6.07) is 5.63. The molecule has 158 valence electrons. The van der Waals surface area contributed by atoms with Gasteiger partial charge >= 0.3 is 5.97 Å². The van der Waals surface area contributed by atoms with Gasteiger partial charge in [-0.15, -0.1) is 11.3 Å². The molecule has 30 heavy (non-hydrogen) atoms. The number of halogens is 1. The van der Waals surface area contributed by atoms with Crippen molar-refractivity contribution in [2.75, 3.05) is 11.9 Å². The first kappa shape index (κ1) is 21.6. The lowest BCUT2D eigenvalue weighted by atomic mass is 10.0. The van der Waals surface area contributed by atoms with Crippen LogP contribution in [-0.4, -0.2) is 28.3 Å². The number of benzene rings is 1. The molecule has 0 unspecified atom stereocenters. The van der Waals surface area contributed by atoms with Gasteiger partial charge in [0.25, 0.3) is 5.56 Å². The molecule has 0 saturated heterocycles. The highest BCUT2D eigenvalue weighted by molar-refractivity contribution is 7.16. The molecule has 7 nitrogen and oxygen atoms in total. The van der Waals surface area contributed by atoms with Crippen LogP contribution in [0.15, 0.2) is 34.4 Å². The van der Waals surface area contributed by atoms with Crippen LogP contribution in [0, 0.1) is 11.7 Å². The molecule has 3 aromatic rings. The average Bonchev–Trinajstić information content (AvgIpc) is 3.14. The number of fused-ring (bicyclic) bond motifs is 1. The first-order valence-corrected chi connectivity index (χ1v) is 10.6. The second-order valence-corrected chi connectivity index (χ2v) is 7.47. The smallest absolute Gasteiger partial charge is 0.359 e. The van der Waals surface area contributed by atoms with Gasteiger partial charge in [-0.25, -0.2) is 9.18 Å². The molecular weight excluding hydrogens is 409 g/mol. The van der Waals surface area contributed by atoms with E-state index in [2.05, 4.69) is 10.4 Å². The summed E-state index contributed by atoms with van der Waals surface area (Å²) in [5.41, 5.74) is -0.850. The van der Waals surface area contributed by atoms with Crippen LogP contribution in [0.3, 0.4) is 0 Å². The number of carbonyl (C=O) groups excluding carboxylic acids is 2. The highest BCUT2D eigenvalue weighted by atomic mass is 32.1. The maximum absolute atomic E-state index is 14.4. The SMILES string of the molecule is CCOC(=O)c1nn(-c2ccccc2F)c(=O)c2c(NC(=O)C(CC)CC)scc12. The van der Waals surface area contributed by atoms with Crippen LogP contribution < -0.4 is 10.9 Å². The van der Waals surface area contributed by atoms with E-state index in [1.807, 2.05) is 13.8 Å². The number of aromatic nitrogens is 2. The molecular formula is C21H22FN3O4S. The van der Waals surface area contributed by atoms with Gasteiger partial charge in [0.15, 0.2) is 5.69 Å². The van der Waals surface area contributed by atoms with Crippen LogP contribution in [0.25, 0.3) is 16.5 Å². The Labute approximate surface area is 176 Å². The first-order valence-electron chi connectivity index (χ1n) is 9.70. The van der Waals surface area contributed by atoms with Crippen molar-refractivity contribution in [3.63, 3.8) is 0 Å². The molecule has 1 N–H and O–H groups in total. The quantitative estimate of drug-likeness (QED) is 0.568. The summed E-state index contributed by atoms with van der Waals surface area (Å²) in [4.78, 5) is 38.3. The van der Waals surface area contributed by atoms with Crippen LogP contribution in [-0.2, 0) is 9.53 Å². The summed E-state index contributed by atoms with van der Waals surface area (Å²) in [5.74, 6) is -1.82. The minimum absolute atomic E-state index is 0.0978. The Balaban J connectivity index is 2.25. The summed E-state index contributed by atoms with van der Waals surface area (Å²) in [6.07, 6.45) is 1.31. The van der Waals surface area contributed by atoms with Gasteiger partial charge in [0.05, 0.1) is 12.0 Å². The molecule has 1 aromatic carbocycles. The Morgan fingerprint density at radius 3 is 2.57 bits per heavy atom. The predicted molar refractivity (Wildman–Crippen MR) is 114 cm³/mol. The van der Waals surface area contributed by atoms with Crippen molar-refractivity contribution in [2.45, 2.75) is 33.6 Å². The molecule has 3 rings (SSSR count). The molecule has 0 fully saturated rings. The van der Waals surface area contributed by atoms with Gasteiger partial charge in [-0.2, -0.15) is 9.78 Å². The fourth-order valence-electron chi connectivity index (χ4n) is 3.15. The van der Waals surface area contributed by atoms with E-state index in [1.165, 1.54) is 18.2 Å². The molecule has 0 aliphatic heterocycles. The van der Waals surface area contributed by atoms with E-state index < -0.39 is 17.3 Å². The molecule has 0 atom stereocenters. The van der Waals surface area contributed by atoms with Crippen LogP contribution in [0.5, 0.6) is 0 Å². The van der Waals surface area contributed by atoms with Crippen molar-refractivity contribution in [3.05, 3.63) is 51.5 Å². The molecule has 0 aliphatic rings. The zero-order chi connectivity index (χ0) is 21.8. The fourth-order valence-corrected chi connectivity index (χ4v) is 4.09. The topological polar surface area (TPSA) is 90.3 Å². The van der Waals surface area contributed by atoms with Gasteiger partial charge < -0.3 is 10.1 Å². The molecule has 2 aromatic heterocycles. The summed E-state index contributed by atoms with van der Waals surface area (Å²) in [5, 5.41) is 9.11. The Bertz CT molecular complexity index is 1150. The lowest BCUT2D eigenvalue weighted by Gasteiger charge is -2.13. The number of para-hydroxylation sites is 1. The highest BCUT2D eigenvalue weighted by Gasteiger charge is 2.25. The Morgan fingerprint density at radius 2 is 1.93 bits per heavy atom. The summed E-state index contributed by atoms with van der Waals surface area (Å²) in [6.45, 7) is 5.59. The van der Waals surface area contributed by atoms with Crippen molar-refractivity contribution in [3.8, 4) is 5.69 Å². The number of nitrogens with one attached hydrogen (secondary N) is 1. The summed E-state index contributed by atoms with van der Waals surface area (Å²) >= 11 is 1.11. The lowest BCUT2D eigenvalue weighted by Crippen LogP contribution is -2.27. The number of anilines is 1. The lowest BCUT2D eigenvalue weighted by molar-refractivity contribution is -0.120. The third kappa shape index (κ3) is 3.97. The Morgan fingerprint density at radius 1 is 1.23 bits per heavy atom. The van der Waals surface area contributed by atoms with E-state index in [0.717, 1.165) is 16.0 Å². The van der Waals surface area contributed by atoms with Crippen LogP contribution >= 0.6 is 11.3 Å². The minimum atomic E-state index is -0.733. The number of amides is 1. The zero-order valence-electron chi connectivity index (χ0n) is 16.9. The predicted octanol–water partition coefficient (Wildman–Crippen LogP) is 4.14. The van der Waals surface area contributed by atoms with E-state index >= 15 is 0 Å². The normalized spacial score (nSPS) is 11.1. The minimum Gasteiger partial charge on any atom is -0.461 e. The van der Waals surface area contributed by atoms with Gasteiger partial charge in [-0.1, -0.05) is 26.0 Å². The van der Waals surface area contributed by atoms with E-state index in [1.54, 1.807) is 18.4 Å². The van der Waals surface area contributed by atoms with Crippen molar-refractivity contribution in [1.29, 1.82) is 0 Å². The van der Waals surface area contributed by atoms with Crippen LogP contribution in [0.2, 0.25) is 0 Å². The standard InChI is InChI=1S/C21H22FN3O4S/c1-4-12(5-2)18(26)23-19-16-13(11-30-19)17(21(28)29-6-3)24-25(20(16)27)15-10-8-7-9-14(15)22/h7-12H,4-6H2,1-3H3,(H,23,26). The van der Waals surface area contributed by atoms with Gasteiger partial charge in [0.1, 0.15) is 16.5 Å². The van der Waals surface area contributed by atoms with Crippen LogP contribution in [0.1, 0.15) is 44.1 Å². The summed E-state index contributed by atoms with van der Waals surface area (Å²) in [7, 11) is 0. The average molecular weight is 431 g/mol. The number of ether oxygens (including phenoxy) is 1. The van der Waals surface area contributed by atoms with Crippen molar-refractivity contribution < 1.29 is 18.7 Å². The van der Waals surface area contributed by atoms with E-state index in [9.17, 15) is 18.8 Å². The number of rotatable bonds is 7. The number of nitrogens with zero attached hydrogens (tertiary/aromatic N) is 2. The fraction of sp³-hybridized carbons (Fsp3) is 0.333. The van der Waals surface area contributed by atoms with Crippen molar-refractivity contribution >= 4 is 39.0 Å². The number of hydrogen-bond donors (Lipinski definition) is 1. The zero-order valence-corrected chi connectivity index (χ0v) is 17.7. The molecule has 2 heterocycles. The number of carbonyl (C=O) groups is 2. The number of thiophene rings is 1. The second kappa shape index (κ2) is 9.17. The summed E-state index contributed by atoms with van der Waals surface area (Å²) < 4.78 is 20.3. The van der Waals surface area contributed by atoms with Gasteiger partial charge in [0, 0.05) is 16.7 Å². The molecule has 0 bridgehead atoms. The van der Waals surface area contributed by atoms with Gasteiger partial charge in [0.2, 0.25) is 5.91 Å². The number of hydrogen-bond acceptors (Lipinski definition) is 6. The monoisotopic (exact) mass is 431 g/mol.